The Labute approximate surface area is 243 Å². The number of hydrogen-bond acceptors (Lipinski definition) is 8. The number of hydrogen-bond donors (Lipinski definition) is 3. The zero-order valence-corrected chi connectivity index (χ0v) is 24.7. The number of ether oxygens (including phenoxy) is 2. The molecule has 3 fully saturated rings. The number of aromatic hydroxyl groups is 1. The molecule has 0 spiro atoms. The first-order chi connectivity index (χ1) is 19.5. The van der Waals surface area contributed by atoms with Crippen LogP contribution in [0.2, 0.25) is 0 Å². The molecule has 3 unspecified atom stereocenters. The first-order valence-corrected chi connectivity index (χ1v) is 14.6. The molecule has 8 nitrogen and oxygen atoms in total. The third-order valence-corrected chi connectivity index (χ3v) is 10.2. The van der Waals surface area contributed by atoms with Gasteiger partial charge in [-0.2, -0.15) is 0 Å². The zero-order valence-electron chi connectivity index (χ0n) is 24.7. The Balaban J connectivity index is 1.46. The fourth-order valence-corrected chi connectivity index (χ4v) is 7.57. The van der Waals surface area contributed by atoms with Crippen molar-refractivity contribution in [2.75, 3.05) is 51.9 Å². The number of aliphatic hydroxyl groups excluding tert-OH is 2. The maximum absolute atomic E-state index is 12.9. The number of anilines is 1. The highest BCUT2D eigenvalue weighted by Gasteiger charge is 2.59. The fourth-order valence-electron chi connectivity index (χ4n) is 7.57. The van der Waals surface area contributed by atoms with Crippen LogP contribution in [0.4, 0.5) is 5.69 Å². The van der Waals surface area contributed by atoms with E-state index in [1.54, 1.807) is 24.3 Å². The Morgan fingerprint density at radius 2 is 1.95 bits per heavy atom. The van der Waals surface area contributed by atoms with Crippen LogP contribution in [0.5, 0.6) is 5.75 Å². The Morgan fingerprint density at radius 1 is 1.22 bits per heavy atom. The molecule has 0 amide bonds. The van der Waals surface area contributed by atoms with Crippen molar-refractivity contribution in [1.82, 2.24) is 4.90 Å². The van der Waals surface area contributed by atoms with Crippen LogP contribution in [-0.4, -0.2) is 85.3 Å². The molecule has 0 aromatic heterocycles. The van der Waals surface area contributed by atoms with Crippen molar-refractivity contribution in [3.05, 3.63) is 65.5 Å². The molecule has 2 aliphatic carbocycles. The van der Waals surface area contributed by atoms with Gasteiger partial charge < -0.3 is 29.7 Å². The highest BCUT2D eigenvalue weighted by molar-refractivity contribution is 5.96. The zero-order chi connectivity index (χ0) is 29.5. The molecule has 1 saturated heterocycles. The largest absolute Gasteiger partial charge is 0.507 e. The minimum absolute atomic E-state index is 0.0585. The second-order valence-electron chi connectivity index (χ2n) is 12.8. The van der Waals surface area contributed by atoms with Gasteiger partial charge in [-0.15, -0.1) is 0 Å². The van der Waals surface area contributed by atoms with Gasteiger partial charge in [0.25, 0.3) is 0 Å². The van der Waals surface area contributed by atoms with E-state index in [9.17, 15) is 20.1 Å². The molecular formula is C33H44N2O6. The van der Waals surface area contributed by atoms with Crippen molar-refractivity contribution in [2.45, 2.75) is 45.3 Å². The number of carbonyl (C=O) groups is 1. The SMILES string of the molecule is C=C1C(N2CCOCC2)CC2[C@](C)(CC[C@@H](O)[C@@]2(C)CO)C1C=CC1=CC(=Cc2ccc(N(C)C)cc2O)OC1=O. The summed E-state index contributed by atoms with van der Waals surface area (Å²) in [5.74, 6) is 0.0369. The van der Waals surface area contributed by atoms with E-state index in [1.165, 1.54) is 0 Å². The number of esters is 1. The molecule has 2 aliphatic heterocycles. The van der Waals surface area contributed by atoms with Crippen LogP contribution in [0.3, 0.4) is 0 Å². The van der Waals surface area contributed by atoms with Gasteiger partial charge in [-0.3, -0.25) is 4.90 Å². The Bertz CT molecular complexity index is 1280. The molecule has 1 aromatic rings. The topological polar surface area (TPSA) is 103 Å². The summed E-state index contributed by atoms with van der Waals surface area (Å²) < 4.78 is 11.2. The standard InChI is InChI=1S/C33H44N2O6/c1-21-26(9-7-23-17-25(41-31(23)39)16-22-6-8-24(34(4)5)18-28(22)37)32(2)11-10-30(38)33(3,20-36)29(32)19-27(21)35-12-14-40-15-13-35/h6-9,16-18,26-27,29-30,36-38H,1,10-15,19-20H2,2-5H3/t26?,27?,29?,30-,32-,33+/m1/s1. The minimum Gasteiger partial charge on any atom is -0.507 e. The third kappa shape index (κ3) is 5.39. The van der Waals surface area contributed by atoms with Gasteiger partial charge in [0.2, 0.25) is 0 Å². The smallest absolute Gasteiger partial charge is 0.343 e. The molecule has 41 heavy (non-hydrogen) atoms. The summed E-state index contributed by atoms with van der Waals surface area (Å²) in [6.07, 6.45) is 8.93. The molecule has 0 radical (unpaired) electrons. The number of phenols is 1. The number of fused-ring (bicyclic) bond motifs is 1. The lowest BCUT2D eigenvalue weighted by Crippen LogP contribution is -2.61. The van der Waals surface area contributed by atoms with E-state index in [-0.39, 0.29) is 35.6 Å². The summed E-state index contributed by atoms with van der Waals surface area (Å²) in [6.45, 7) is 11.8. The molecule has 6 atom stereocenters. The number of morpholine rings is 1. The van der Waals surface area contributed by atoms with Gasteiger partial charge in [0.05, 0.1) is 31.5 Å². The van der Waals surface area contributed by atoms with Gasteiger partial charge in [-0.05, 0) is 54.9 Å². The fraction of sp³-hybridized carbons (Fsp3) is 0.545. The summed E-state index contributed by atoms with van der Waals surface area (Å²) in [6, 6.07) is 5.45. The molecule has 8 heteroatoms. The Hall–Kier alpha value is -2.91. The normalized spacial score (nSPS) is 35.5. The molecule has 2 saturated carbocycles. The monoisotopic (exact) mass is 564 g/mol. The van der Waals surface area contributed by atoms with Crippen molar-refractivity contribution in [2.24, 2.45) is 22.7 Å². The van der Waals surface area contributed by atoms with Gasteiger partial charge >= 0.3 is 5.97 Å². The lowest BCUT2D eigenvalue weighted by atomic mass is 9.45. The summed E-state index contributed by atoms with van der Waals surface area (Å²) in [5, 5.41) is 32.1. The van der Waals surface area contributed by atoms with Crippen molar-refractivity contribution in [3.63, 3.8) is 0 Å². The lowest BCUT2D eigenvalue weighted by molar-refractivity contribution is -0.156. The molecule has 3 N–H and O–H groups in total. The number of benzene rings is 1. The lowest BCUT2D eigenvalue weighted by Gasteiger charge is -2.62. The van der Waals surface area contributed by atoms with E-state index in [4.69, 9.17) is 9.47 Å². The second-order valence-corrected chi connectivity index (χ2v) is 12.8. The maximum atomic E-state index is 12.9. The third-order valence-electron chi connectivity index (χ3n) is 10.2. The van der Waals surface area contributed by atoms with E-state index < -0.39 is 17.5 Å². The number of phenolic OH excluding ortho intramolecular Hbond substituents is 1. The van der Waals surface area contributed by atoms with Crippen LogP contribution in [0.1, 0.15) is 38.7 Å². The molecule has 5 rings (SSSR count). The highest BCUT2D eigenvalue weighted by Crippen LogP contribution is 2.62. The van der Waals surface area contributed by atoms with Crippen molar-refractivity contribution in [1.29, 1.82) is 0 Å². The van der Waals surface area contributed by atoms with Gasteiger partial charge in [0.1, 0.15) is 11.5 Å². The Kier molecular flexibility index (Phi) is 8.23. The van der Waals surface area contributed by atoms with E-state index in [0.29, 0.717) is 36.5 Å². The van der Waals surface area contributed by atoms with Crippen LogP contribution in [0.15, 0.2) is 59.9 Å². The maximum Gasteiger partial charge on any atom is 0.343 e. The average Bonchev–Trinajstić information content (AvgIpc) is 3.30. The van der Waals surface area contributed by atoms with Gasteiger partial charge in [0.15, 0.2) is 0 Å². The van der Waals surface area contributed by atoms with Gasteiger partial charge in [-0.1, -0.05) is 38.2 Å². The molecule has 222 valence electrons. The quantitative estimate of drug-likeness (QED) is 0.353. The second kappa shape index (κ2) is 11.4. The van der Waals surface area contributed by atoms with Crippen LogP contribution in [0, 0.1) is 22.7 Å². The van der Waals surface area contributed by atoms with Crippen molar-refractivity contribution >= 4 is 17.7 Å². The number of cyclic esters (lactones) is 1. The summed E-state index contributed by atoms with van der Waals surface area (Å²) in [7, 11) is 3.80. The average molecular weight is 565 g/mol. The summed E-state index contributed by atoms with van der Waals surface area (Å²) in [5.41, 5.74) is 2.10. The van der Waals surface area contributed by atoms with E-state index >= 15 is 0 Å². The number of carbonyl (C=O) groups excluding carboxylic acids is 1. The summed E-state index contributed by atoms with van der Waals surface area (Å²) in [4.78, 5) is 17.2. The highest BCUT2D eigenvalue weighted by atomic mass is 16.5. The molecule has 4 aliphatic rings. The van der Waals surface area contributed by atoms with Crippen LogP contribution < -0.4 is 4.90 Å². The molecule has 0 bridgehead atoms. The number of allylic oxidation sites excluding steroid dienone is 2. The molecular weight excluding hydrogens is 520 g/mol. The van der Waals surface area contributed by atoms with Crippen LogP contribution in [-0.2, 0) is 14.3 Å². The van der Waals surface area contributed by atoms with Crippen LogP contribution in [0.25, 0.3) is 6.08 Å². The molecule has 1 aromatic carbocycles. The minimum atomic E-state index is -0.629. The van der Waals surface area contributed by atoms with E-state index in [0.717, 1.165) is 37.2 Å². The Morgan fingerprint density at radius 3 is 2.61 bits per heavy atom. The first kappa shape index (κ1) is 29.6. The van der Waals surface area contributed by atoms with Crippen molar-refractivity contribution < 1.29 is 29.6 Å². The number of aliphatic hydroxyl groups is 2. The number of nitrogens with zero attached hydrogens (tertiary/aromatic N) is 2. The van der Waals surface area contributed by atoms with E-state index in [2.05, 4.69) is 24.5 Å². The first-order valence-electron chi connectivity index (χ1n) is 14.6. The predicted molar refractivity (Wildman–Crippen MR) is 159 cm³/mol. The van der Waals surface area contributed by atoms with Crippen LogP contribution >= 0.6 is 0 Å². The van der Waals surface area contributed by atoms with Gasteiger partial charge in [0, 0.05) is 61.9 Å². The summed E-state index contributed by atoms with van der Waals surface area (Å²) >= 11 is 0. The van der Waals surface area contributed by atoms with E-state index in [1.807, 2.05) is 38.1 Å². The predicted octanol–water partition coefficient (Wildman–Crippen LogP) is 3.89. The molecule has 2 heterocycles. The van der Waals surface area contributed by atoms with Gasteiger partial charge in [-0.25, -0.2) is 4.79 Å². The number of rotatable bonds is 6. The van der Waals surface area contributed by atoms with Crippen molar-refractivity contribution in [3.8, 4) is 5.75 Å².